The molecule has 7 nitrogen and oxygen atoms in total. The van der Waals surface area contributed by atoms with Crippen molar-refractivity contribution in [3.8, 4) is 5.69 Å². The maximum absolute atomic E-state index is 13.1. The minimum atomic E-state index is 0.0381. The summed E-state index contributed by atoms with van der Waals surface area (Å²) in [6, 6.07) is 8.12. The number of amides is 1. The van der Waals surface area contributed by atoms with E-state index in [2.05, 4.69) is 29.1 Å². The first kappa shape index (κ1) is 17.6. The number of hydrogen-bond acceptors (Lipinski definition) is 5. The molecule has 7 heteroatoms. The molecule has 0 N–H and O–H groups in total. The van der Waals surface area contributed by atoms with Gasteiger partial charge in [0.15, 0.2) is 0 Å². The Kier molecular flexibility index (Phi) is 5.45. The molecule has 1 aliphatic heterocycles. The van der Waals surface area contributed by atoms with Crippen molar-refractivity contribution in [3.05, 3.63) is 42.2 Å². The van der Waals surface area contributed by atoms with Crippen molar-refractivity contribution in [1.82, 2.24) is 24.8 Å². The van der Waals surface area contributed by atoms with E-state index in [1.807, 2.05) is 29.2 Å². The van der Waals surface area contributed by atoms with Crippen LogP contribution in [0.4, 0.5) is 0 Å². The Hall–Kier alpha value is -2.25. The molecule has 1 saturated heterocycles. The van der Waals surface area contributed by atoms with E-state index < -0.39 is 0 Å². The fraction of sp³-hybridized carbons (Fsp3) is 0.500. The molecule has 0 bridgehead atoms. The van der Waals surface area contributed by atoms with Crippen LogP contribution in [0.3, 0.4) is 0 Å². The maximum atomic E-state index is 13.1. The Morgan fingerprint density at radius 1 is 1.24 bits per heavy atom. The second kappa shape index (κ2) is 7.76. The number of carbonyl (C=O) groups excluding carboxylic acids is 1. The first-order valence-corrected chi connectivity index (χ1v) is 8.61. The molecule has 1 aromatic carbocycles. The first-order chi connectivity index (χ1) is 12.1. The highest BCUT2D eigenvalue weighted by molar-refractivity contribution is 5.97. The van der Waals surface area contributed by atoms with Crippen LogP contribution >= 0.6 is 0 Å². The second-order valence-electron chi connectivity index (χ2n) is 6.50. The lowest BCUT2D eigenvalue weighted by Crippen LogP contribution is -2.58. The summed E-state index contributed by atoms with van der Waals surface area (Å²) in [5, 5.41) is 7.87. The van der Waals surface area contributed by atoms with Crippen molar-refractivity contribution >= 4 is 5.91 Å². The zero-order valence-electron chi connectivity index (χ0n) is 15.0. The summed E-state index contributed by atoms with van der Waals surface area (Å²) in [4.78, 5) is 17.5. The van der Waals surface area contributed by atoms with Gasteiger partial charge in [0.25, 0.3) is 5.91 Å². The molecule has 0 radical (unpaired) electrons. The standard InChI is InChI=1S/C18H25N5O2/c1-14-12-21(13-15(2)22(14)10-11-25-3)18(24)16-6-4-5-7-17(16)23-9-8-19-20-23/h4-9,14-15H,10-13H2,1-3H3/t14-,15+. The van der Waals surface area contributed by atoms with Gasteiger partial charge in [0.1, 0.15) is 0 Å². The number of nitrogens with zero attached hydrogens (tertiary/aromatic N) is 5. The summed E-state index contributed by atoms with van der Waals surface area (Å²) in [6.45, 7) is 7.33. The number of hydrogen-bond donors (Lipinski definition) is 0. The molecule has 2 atom stereocenters. The van der Waals surface area contributed by atoms with Crippen LogP contribution in [0.15, 0.2) is 36.7 Å². The summed E-state index contributed by atoms with van der Waals surface area (Å²) < 4.78 is 6.84. The highest BCUT2D eigenvalue weighted by Gasteiger charge is 2.32. The number of para-hydroxylation sites is 1. The lowest BCUT2D eigenvalue weighted by Gasteiger charge is -2.44. The van der Waals surface area contributed by atoms with Gasteiger partial charge < -0.3 is 9.64 Å². The van der Waals surface area contributed by atoms with E-state index in [1.54, 1.807) is 24.2 Å². The predicted molar refractivity (Wildman–Crippen MR) is 94.8 cm³/mol. The van der Waals surface area contributed by atoms with Gasteiger partial charge in [-0.2, -0.15) is 0 Å². The smallest absolute Gasteiger partial charge is 0.256 e. The third-order valence-corrected chi connectivity index (χ3v) is 4.75. The van der Waals surface area contributed by atoms with Crippen LogP contribution in [-0.4, -0.2) is 76.1 Å². The SMILES string of the molecule is COCCN1[C@H](C)CN(C(=O)c2ccccc2-n2ccnn2)C[C@@H]1C. The van der Waals surface area contributed by atoms with E-state index in [0.29, 0.717) is 37.3 Å². The summed E-state index contributed by atoms with van der Waals surface area (Å²) in [6.07, 6.45) is 3.36. The van der Waals surface area contributed by atoms with E-state index >= 15 is 0 Å². The summed E-state index contributed by atoms with van der Waals surface area (Å²) >= 11 is 0. The van der Waals surface area contributed by atoms with Crippen LogP contribution in [0, 0.1) is 0 Å². The van der Waals surface area contributed by atoms with Crippen molar-refractivity contribution in [2.75, 3.05) is 33.4 Å². The fourth-order valence-electron chi connectivity index (χ4n) is 3.52. The maximum Gasteiger partial charge on any atom is 0.256 e. The summed E-state index contributed by atoms with van der Waals surface area (Å²) in [5.41, 5.74) is 1.41. The lowest BCUT2D eigenvalue weighted by molar-refractivity contribution is 0.0193. The zero-order valence-corrected chi connectivity index (χ0v) is 15.0. The molecule has 3 rings (SSSR count). The normalized spacial score (nSPS) is 21.5. The molecule has 2 aromatic rings. The molecular formula is C18H25N5O2. The number of benzene rings is 1. The third-order valence-electron chi connectivity index (χ3n) is 4.75. The van der Waals surface area contributed by atoms with Gasteiger partial charge in [-0.05, 0) is 26.0 Å². The molecule has 1 aromatic heterocycles. The Bertz CT molecular complexity index is 691. The number of aromatic nitrogens is 3. The molecule has 0 saturated carbocycles. The molecule has 2 heterocycles. The van der Waals surface area contributed by atoms with Crippen LogP contribution in [0.1, 0.15) is 24.2 Å². The molecule has 1 amide bonds. The Labute approximate surface area is 148 Å². The third kappa shape index (κ3) is 3.72. The lowest BCUT2D eigenvalue weighted by atomic mass is 10.1. The molecule has 25 heavy (non-hydrogen) atoms. The highest BCUT2D eigenvalue weighted by atomic mass is 16.5. The topological polar surface area (TPSA) is 63.5 Å². The Morgan fingerprint density at radius 2 is 1.96 bits per heavy atom. The highest BCUT2D eigenvalue weighted by Crippen LogP contribution is 2.21. The van der Waals surface area contributed by atoms with Gasteiger partial charge in [0, 0.05) is 38.8 Å². The van der Waals surface area contributed by atoms with E-state index in [4.69, 9.17) is 4.74 Å². The average molecular weight is 343 g/mol. The number of ether oxygens (including phenoxy) is 1. The van der Waals surface area contributed by atoms with Crippen LogP contribution in [0.25, 0.3) is 5.69 Å². The summed E-state index contributed by atoms with van der Waals surface area (Å²) in [5.74, 6) is 0.0381. The minimum Gasteiger partial charge on any atom is -0.383 e. The molecule has 0 aliphatic carbocycles. The van der Waals surface area contributed by atoms with Crippen LogP contribution in [-0.2, 0) is 4.74 Å². The van der Waals surface area contributed by atoms with Gasteiger partial charge in [-0.3, -0.25) is 9.69 Å². The number of methoxy groups -OCH3 is 1. The van der Waals surface area contributed by atoms with Gasteiger partial charge in [0.2, 0.25) is 0 Å². The molecule has 0 spiro atoms. The van der Waals surface area contributed by atoms with Crippen molar-refractivity contribution in [3.63, 3.8) is 0 Å². The van der Waals surface area contributed by atoms with E-state index in [1.165, 1.54) is 0 Å². The monoisotopic (exact) mass is 343 g/mol. The first-order valence-electron chi connectivity index (χ1n) is 8.61. The molecule has 134 valence electrons. The van der Waals surface area contributed by atoms with Gasteiger partial charge in [0.05, 0.1) is 30.3 Å². The van der Waals surface area contributed by atoms with Crippen LogP contribution in [0.2, 0.25) is 0 Å². The Morgan fingerprint density at radius 3 is 2.60 bits per heavy atom. The number of carbonyl (C=O) groups is 1. The zero-order chi connectivity index (χ0) is 17.8. The largest absolute Gasteiger partial charge is 0.383 e. The summed E-state index contributed by atoms with van der Waals surface area (Å²) in [7, 11) is 1.72. The molecular weight excluding hydrogens is 318 g/mol. The van der Waals surface area contributed by atoms with Crippen molar-refractivity contribution in [1.29, 1.82) is 0 Å². The fourth-order valence-corrected chi connectivity index (χ4v) is 3.52. The molecule has 0 unspecified atom stereocenters. The van der Waals surface area contributed by atoms with E-state index in [9.17, 15) is 4.79 Å². The van der Waals surface area contributed by atoms with Crippen LogP contribution in [0.5, 0.6) is 0 Å². The number of piperazine rings is 1. The number of rotatable bonds is 5. The van der Waals surface area contributed by atoms with Crippen LogP contribution < -0.4 is 0 Å². The van der Waals surface area contributed by atoms with Gasteiger partial charge >= 0.3 is 0 Å². The second-order valence-corrected chi connectivity index (χ2v) is 6.50. The quantitative estimate of drug-likeness (QED) is 0.822. The molecule has 1 aliphatic rings. The van der Waals surface area contributed by atoms with Crippen molar-refractivity contribution in [2.24, 2.45) is 0 Å². The minimum absolute atomic E-state index is 0.0381. The van der Waals surface area contributed by atoms with E-state index in [-0.39, 0.29) is 5.91 Å². The average Bonchev–Trinajstić information content (AvgIpc) is 3.15. The van der Waals surface area contributed by atoms with E-state index in [0.717, 1.165) is 12.2 Å². The van der Waals surface area contributed by atoms with Gasteiger partial charge in [-0.25, -0.2) is 4.68 Å². The van der Waals surface area contributed by atoms with Crippen molar-refractivity contribution < 1.29 is 9.53 Å². The molecule has 1 fully saturated rings. The van der Waals surface area contributed by atoms with Gasteiger partial charge in [-0.15, -0.1) is 5.10 Å². The Balaban J connectivity index is 1.79. The van der Waals surface area contributed by atoms with Crippen molar-refractivity contribution in [2.45, 2.75) is 25.9 Å². The van der Waals surface area contributed by atoms with Gasteiger partial charge in [-0.1, -0.05) is 17.3 Å². The predicted octanol–water partition coefficient (Wildman–Crippen LogP) is 1.45.